The van der Waals surface area contributed by atoms with Gasteiger partial charge < -0.3 is 10.2 Å². The van der Waals surface area contributed by atoms with Crippen LogP contribution in [0.4, 0.5) is 5.82 Å². The Morgan fingerprint density at radius 2 is 2.05 bits per heavy atom. The Bertz CT molecular complexity index is 613. The largest absolute Gasteiger partial charge is 0.359 e. The average molecular weight is 322 g/mol. The number of carbonyl (C=O) groups excluding carboxylic acids is 1. The Balaban J connectivity index is 2.27. The number of para-hydroxylation sites is 1. The van der Waals surface area contributed by atoms with Crippen molar-refractivity contribution < 1.29 is 4.79 Å². The van der Waals surface area contributed by atoms with Crippen molar-refractivity contribution in [3.8, 4) is 0 Å². The van der Waals surface area contributed by atoms with E-state index in [1.54, 1.807) is 19.0 Å². The van der Waals surface area contributed by atoms with E-state index in [0.717, 1.165) is 15.4 Å². The van der Waals surface area contributed by atoms with Crippen LogP contribution in [0.25, 0.3) is 10.9 Å². The quantitative estimate of drug-likeness (QED) is 0.945. The van der Waals surface area contributed by atoms with Gasteiger partial charge in [0.25, 0.3) is 0 Å². The van der Waals surface area contributed by atoms with Gasteiger partial charge in [-0.3, -0.25) is 4.79 Å². The first-order chi connectivity index (χ1) is 8.99. The third-order valence-electron chi connectivity index (χ3n) is 2.85. The van der Waals surface area contributed by atoms with E-state index in [-0.39, 0.29) is 11.9 Å². The lowest BCUT2D eigenvalue weighted by atomic mass is 10.2. The minimum atomic E-state index is -0.303. The van der Waals surface area contributed by atoms with Crippen LogP contribution in [0.15, 0.2) is 34.8 Å². The van der Waals surface area contributed by atoms with Gasteiger partial charge in [0.15, 0.2) is 0 Å². The molecule has 1 aromatic carbocycles. The normalized spacial score (nSPS) is 12.2. The number of rotatable bonds is 3. The highest BCUT2D eigenvalue weighted by Gasteiger charge is 2.15. The van der Waals surface area contributed by atoms with Crippen molar-refractivity contribution >= 4 is 38.6 Å². The van der Waals surface area contributed by atoms with E-state index in [1.165, 1.54) is 0 Å². The van der Waals surface area contributed by atoms with Crippen LogP contribution in [-0.4, -0.2) is 35.9 Å². The molecular weight excluding hydrogens is 306 g/mol. The smallest absolute Gasteiger partial charge is 0.244 e. The Labute approximate surface area is 120 Å². The van der Waals surface area contributed by atoms with Crippen LogP contribution in [0.3, 0.4) is 0 Å². The third kappa shape index (κ3) is 3.04. The molecule has 0 fully saturated rings. The molecule has 0 unspecified atom stereocenters. The van der Waals surface area contributed by atoms with E-state index in [0.29, 0.717) is 5.82 Å². The van der Waals surface area contributed by atoms with Gasteiger partial charge in [0.2, 0.25) is 5.91 Å². The number of hydrogen-bond acceptors (Lipinski definition) is 3. The van der Waals surface area contributed by atoms with Crippen LogP contribution >= 0.6 is 15.9 Å². The van der Waals surface area contributed by atoms with E-state index in [9.17, 15) is 4.79 Å². The number of nitrogens with zero attached hydrogens (tertiary/aromatic N) is 2. The van der Waals surface area contributed by atoms with Gasteiger partial charge in [0.1, 0.15) is 11.9 Å². The summed E-state index contributed by atoms with van der Waals surface area (Å²) in [6.07, 6.45) is 0. The van der Waals surface area contributed by atoms with Crippen molar-refractivity contribution in [2.24, 2.45) is 0 Å². The SMILES string of the molecule is C[C@H](Nc1ccc2cccc(Br)c2n1)C(=O)N(C)C. The number of fused-ring (bicyclic) bond motifs is 1. The maximum Gasteiger partial charge on any atom is 0.244 e. The first kappa shape index (κ1) is 13.8. The van der Waals surface area contributed by atoms with Crippen molar-refractivity contribution in [1.82, 2.24) is 9.88 Å². The summed E-state index contributed by atoms with van der Waals surface area (Å²) in [6.45, 7) is 1.83. The number of benzene rings is 1. The van der Waals surface area contributed by atoms with Crippen molar-refractivity contribution in [1.29, 1.82) is 0 Å². The topological polar surface area (TPSA) is 45.2 Å². The van der Waals surface area contributed by atoms with Gasteiger partial charge in [0.05, 0.1) is 5.52 Å². The number of nitrogens with one attached hydrogen (secondary N) is 1. The van der Waals surface area contributed by atoms with E-state index < -0.39 is 0 Å². The highest BCUT2D eigenvalue weighted by Crippen LogP contribution is 2.23. The third-order valence-corrected chi connectivity index (χ3v) is 3.49. The molecule has 100 valence electrons. The summed E-state index contributed by atoms with van der Waals surface area (Å²) in [4.78, 5) is 17.9. The van der Waals surface area contributed by atoms with Gasteiger partial charge in [-0.2, -0.15) is 0 Å². The second-order valence-corrected chi connectivity index (χ2v) is 5.46. The molecule has 4 nitrogen and oxygen atoms in total. The Hall–Kier alpha value is -1.62. The maximum atomic E-state index is 11.8. The van der Waals surface area contributed by atoms with Crippen LogP contribution in [-0.2, 0) is 4.79 Å². The van der Waals surface area contributed by atoms with Gasteiger partial charge in [-0.05, 0) is 41.1 Å². The van der Waals surface area contributed by atoms with Crippen LogP contribution in [0.1, 0.15) is 6.92 Å². The number of likely N-dealkylation sites (N-methyl/N-ethyl adjacent to an activating group) is 1. The molecule has 2 rings (SSSR count). The molecular formula is C14H16BrN3O. The molecule has 1 N–H and O–H groups in total. The monoisotopic (exact) mass is 321 g/mol. The predicted octanol–water partition coefficient (Wildman–Crippen LogP) is 2.89. The van der Waals surface area contributed by atoms with Crippen LogP contribution in [0.5, 0.6) is 0 Å². The van der Waals surface area contributed by atoms with Crippen molar-refractivity contribution in [3.63, 3.8) is 0 Å². The van der Waals surface area contributed by atoms with Crippen molar-refractivity contribution in [2.75, 3.05) is 19.4 Å². The Morgan fingerprint density at radius 3 is 2.74 bits per heavy atom. The molecule has 5 heteroatoms. The maximum absolute atomic E-state index is 11.8. The second-order valence-electron chi connectivity index (χ2n) is 4.61. The summed E-state index contributed by atoms with van der Waals surface area (Å²) >= 11 is 3.48. The number of halogens is 1. The minimum Gasteiger partial charge on any atom is -0.359 e. The summed E-state index contributed by atoms with van der Waals surface area (Å²) in [6, 6.07) is 9.50. The zero-order chi connectivity index (χ0) is 14.0. The first-order valence-corrected chi connectivity index (χ1v) is 6.81. The summed E-state index contributed by atoms with van der Waals surface area (Å²) in [5, 5.41) is 4.18. The van der Waals surface area contributed by atoms with E-state index in [2.05, 4.69) is 26.2 Å². The molecule has 0 bridgehead atoms. The number of amides is 1. The van der Waals surface area contributed by atoms with E-state index in [4.69, 9.17) is 0 Å². The summed E-state index contributed by atoms with van der Waals surface area (Å²) in [5.41, 5.74) is 0.886. The molecule has 1 atom stereocenters. The molecule has 2 aromatic rings. The van der Waals surface area contributed by atoms with Gasteiger partial charge in [-0.15, -0.1) is 0 Å². The molecule has 1 heterocycles. The van der Waals surface area contributed by atoms with E-state index >= 15 is 0 Å². The van der Waals surface area contributed by atoms with Crippen LogP contribution in [0.2, 0.25) is 0 Å². The second kappa shape index (κ2) is 5.57. The molecule has 0 saturated carbocycles. The lowest BCUT2D eigenvalue weighted by Gasteiger charge is -2.18. The fraction of sp³-hybridized carbons (Fsp3) is 0.286. The van der Waals surface area contributed by atoms with Gasteiger partial charge in [0, 0.05) is 24.0 Å². The highest BCUT2D eigenvalue weighted by atomic mass is 79.9. The Kier molecular flexibility index (Phi) is 4.04. The van der Waals surface area contributed by atoms with Gasteiger partial charge >= 0.3 is 0 Å². The highest BCUT2D eigenvalue weighted by molar-refractivity contribution is 9.10. The summed E-state index contributed by atoms with van der Waals surface area (Å²) in [5.74, 6) is 0.719. The predicted molar refractivity (Wildman–Crippen MR) is 81.2 cm³/mol. The minimum absolute atomic E-state index is 0.0222. The van der Waals surface area contributed by atoms with Gasteiger partial charge in [-0.1, -0.05) is 12.1 Å². The first-order valence-electron chi connectivity index (χ1n) is 6.02. The lowest BCUT2D eigenvalue weighted by molar-refractivity contribution is -0.129. The number of carbonyl (C=O) groups is 1. The van der Waals surface area contributed by atoms with Gasteiger partial charge in [-0.25, -0.2) is 4.98 Å². The molecule has 1 aromatic heterocycles. The molecule has 1 amide bonds. The standard InChI is InChI=1S/C14H16BrN3O/c1-9(14(19)18(2)3)16-12-8-7-10-5-4-6-11(15)13(10)17-12/h4-9H,1-3H3,(H,16,17)/t9-/m0/s1. The molecule has 0 aliphatic carbocycles. The van der Waals surface area contributed by atoms with Crippen LogP contribution < -0.4 is 5.32 Å². The number of anilines is 1. The summed E-state index contributed by atoms with van der Waals surface area (Å²) in [7, 11) is 3.48. The number of aromatic nitrogens is 1. The van der Waals surface area contributed by atoms with E-state index in [1.807, 2.05) is 37.3 Å². The Morgan fingerprint density at radius 1 is 1.32 bits per heavy atom. The average Bonchev–Trinajstić information content (AvgIpc) is 2.38. The molecule has 0 aliphatic heterocycles. The molecule has 0 radical (unpaired) electrons. The number of hydrogen-bond donors (Lipinski definition) is 1. The zero-order valence-corrected chi connectivity index (χ0v) is 12.7. The van der Waals surface area contributed by atoms with Crippen molar-refractivity contribution in [3.05, 3.63) is 34.8 Å². The molecule has 0 saturated heterocycles. The fourth-order valence-corrected chi connectivity index (χ4v) is 2.33. The van der Waals surface area contributed by atoms with Crippen molar-refractivity contribution in [2.45, 2.75) is 13.0 Å². The summed E-state index contributed by atoms with van der Waals surface area (Å²) < 4.78 is 0.945. The zero-order valence-electron chi connectivity index (χ0n) is 11.1. The molecule has 0 spiro atoms. The van der Waals surface area contributed by atoms with Crippen LogP contribution in [0, 0.1) is 0 Å². The fourth-order valence-electron chi connectivity index (χ4n) is 1.86. The molecule has 0 aliphatic rings. The molecule has 19 heavy (non-hydrogen) atoms. The lowest BCUT2D eigenvalue weighted by Crippen LogP contribution is -2.36. The number of pyridine rings is 1.